The van der Waals surface area contributed by atoms with E-state index in [0.717, 1.165) is 4.90 Å². The van der Waals surface area contributed by atoms with Crippen molar-refractivity contribution in [3.8, 4) is 11.5 Å². The van der Waals surface area contributed by atoms with E-state index in [4.69, 9.17) is 4.42 Å². The molecular weight excluding hydrogens is 310 g/mol. The fourth-order valence-electron chi connectivity index (χ4n) is 2.68. The fraction of sp³-hybridized carbons (Fsp3) is 0.500. The molecule has 1 N–H and O–H groups in total. The molecule has 1 aliphatic rings. The predicted octanol–water partition coefficient (Wildman–Crippen LogP) is 1.23. The molecule has 0 saturated carbocycles. The van der Waals surface area contributed by atoms with Crippen LogP contribution in [0, 0.1) is 6.92 Å². The molecular formula is C14H16F2N4O3. The molecule has 0 bridgehead atoms. The third kappa shape index (κ3) is 2.83. The highest BCUT2D eigenvalue weighted by Gasteiger charge is 2.47. The summed E-state index contributed by atoms with van der Waals surface area (Å²) in [5, 5.41) is 13.2. The minimum atomic E-state index is -3.01. The number of halogens is 2. The number of carbonyl (C=O) groups excluding carboxylic acids is 1. The molecule has 0 aliphatic carbocycles. The van der Waals surface area contributed by atoms with E-state index in [1.807, 2.05) is 0 Å². The van der Waals surface area contributed by atoms with Crippen LogP contribution in [-0.2, 0) is 7.05 Å². The van der Waals surface area contributed by atoms with Crippen LogP contribution in [0.4, 0.5) is 8.78 Å². The number of rotatable bonds is 3. The summed E-state index contributed by atoms with van der Waals surface area (Å²) in [4.78, 5) is 17.6. The molecule has 1 unspecified atom stereocenters. The summed E-state index contributed by atoms with van der Waals surface area (Å²) in [5.41, 5.74) is 0.556. The first-order chi connectivity index (χ1) is 10.8. The highest BCUT2D eigenvalue weighted by molar-refractivity contribution is 5.94. The molecule has 1 aliphatic heterocycles. The maximum absolute atomic E-state index is 13.5. The van der Waals surface area contributed by atoms with E-state index in [2.05, 4.69) is 10.1 Å². The Balaban J connectivity index is 1.90. The van der Waals surface area contributed by atoms with Crippen molar-refractivity contribution < 1.29 is 23.1 Å². The molecule has 2 aromatic rings. The van der Waals surface area contributed by atoms with Gasteiger partial charge >= 0.3 is 0 Å². The Kier molecular flexibility index (Phi) is 3.67. The largest absolute Gasteiger partial charge is 0.440 e. The zero-order valence-corrected chi connectivity index (χ0v) is 12.7. The van der Waals surface area contributed by atoms with Crippen molar-refractivity contribution in [1.29, 1.82) is 0 Å². The second kappa shape index (κ2) is 5.41. The van der Waals surface area contributed by atoms with Crippen LogP contribution in [0.1, 0.15) is 22.7 Å². The van der Waals surface area contributed by atoms with Gasteiger partial charge in [-0.25, -0.2) is 13.8 Å². The van der Waals surface area contributed by atoms with Gasteiger partial charge in [-0.3, -0.25) is 9.48 Å². The molecule has 0 spiro atoms. The predicted molar refractivity (Wildman–Crippen MR) is 74.9 cm³/mol. The van der Waals surface area contributed by atoms with E-state index in [1.54, 1.807) is 24.9 Å². The van der Waals surface area contributed by atoms with Crippen LogP contribution in [0.25, 0.3) is 11.5 Å². The SMILES string of the molecule is Cc1oc(-c2cnn(C)c2)nc1C(=O)N1CC(F)(F)CC1CO. The molecule has 1 saturated heterocycles. The molecule has 9 heteroatoms. The van der Waals surface area contributed by atoms with E-state index in [0.29, 0.717) is 5.56 Å². The van der Waals surface area contributed by atoms with Crippen LogP contribution in [0.3, 0.4) is 0 Å². The number of aliphatic hydroxyl groups excluding tert-OH is 1. The van der Waals surface area contributed by atoms with Gasteiger partial charge in [-0.2, -0.15) is 5.10 Å². The number of carbonyl (C=O) groups is 1. The van der Waals surface area contributed by atoms with Gasteiger partial charge in [0.15, 0.2) is 5.69 Å². The van der Waals surface area contributed by atoms with Crippen LogP contribution >= 0.6 is 0 Å². The minimum Gasteiger partial charge on any atom is -0.440 e. The Labute approximate surface area is 130 Å². The molecule has 124 valence electrons. The Morgan fingerprint density at radius 3 is 2.91 bits per heavy atom. The highest BCUT2D eigenvalue weighted by Crippen LogP contribution is 2.33. The molecule has 1 amide bonds. The lowest BCUT2D eigenvalue weighted by atomic mass is 10.2. The van der Waals surface area contributed by atoms with Crippen LogP contribution in [0.15, 0.2) is 16.8 Å². The summed E-state index contributed by atoms with van der Waals surface area (Å²) in [6, 6.07) is -0.921. The second-order valence-corrected chi connectivity index (χ2v) is 5.66. The lowest BCUT2D eigenvalue weighted by Crippen LogP contribution is -2.38. The second-order valence-electron chi connectivity index (χ2n) is 5.66. The number of hydrogen-bond donors (Lipinski definition) is 1. The standard InChI is InChI=1S/C14H16F2N4O3/c1-8-11(18-12(23-8)9-4-17-19(2)5-9)13(22)20-7-14(15,16)3-10(20)6-21/h4-5,10,21H,3,6-7H2,1-2H3. The lowest BCUT2D eigenvalue weighted by molar-refractivity contribution is 0.0115. The maximum atomic E-state index is 13.5. The van der Waals surface area contributed by atoms with Crippen molar-refractivity contribution in [2.45, 2.75) is 25.3 Å². The van der Waals surface area contributed by atoms with Gasteiger partial charge in [0.2, 0.25) is 5.89 Å². The zero-order valence-electron chi connectivity index (χ0n) is 12.7. The van der Waals surface area contributed by atoms with Crippen molar-refractivity contribution in [1.82, 2.24) is 19.7 Å². The topological polar surface area (TPSA) is 84.4 Å². The Morgan fingerprint density at radius 1 is 1.57 bits per heavy atom. The summed E-state index contributed by atoms with van der Waals surface area (Å²) in [6.07, 6.45) is 2.64. The number of likely N-dealkylation sites (tertiary alicyclic amines) is 1. The van der Waals surface area contributed by atoms with Crippen molar-refractivity contribution in [2.75, 3.05) is 13.2 Å². The highest BCUT2D eigenvalue weighted by atomic mass is 19.3. The van der Waals surface area contributed by atoms with Gasteiger partial charge in [0.25, 0.3) is 11.8 Å². The van der Waals surface area contributed by atoms with E-state index in [9.17, 15) is 18.7 Å². The van der Waals surface area contributed by atoms with Gasteiger partial charge in [-0.15, -0.1) is 0 Å². The molecule has 0 radical (unpaired) electrons. The van der Waals surface area contributed by atoms with Gasteiger partial charge in [0.1, 0.15) is 5.76 Å². The number of aromatic nitrogens is 3. The van der Waals surface area contributed by atoms with Crippen molar-refractivity contribution in [2.24, 2.45) is 7.05 Å². The third-order valence-corrected chi connectivity index (χ3v) is 3.80. The molecule has 0 aromatic carbocycles. The fourth-order valence-corrected chi connectivity index (χ4v) is 2.68. The van der Waals surface area contributed by atoms with Crippen molar-refractivity contribution in [3.63, 3.8) is 0 Å². The summed E-state index contributed by atoms with van der Waals surface area (Å²) in [5.74, 6) is -3.24. The summed E-state index contributed by atoms with van der Waals surface area (Å²) < 4.78 is 34.1. The van der Waals surface area contributed by atoms with Crippen molar-refractivity contribution >= 4 is 5.91 Å². The molecule has 1 atom stereocenters. The monoisotopic (exact) mass is 326 g/mol. The first kappa shape index (κ1) is 15.6. The Bertz CT molecular complexity index is 740. The third-order valence-electron chi connectivity index (χ3n) is 3.80. The smallest absolute Gasteiger partial charge is 0.276 e. The maximum Gasteiger partial charge on any atom is 0.276 e. The average molecular weight is 326 g/mol. The quantitative estimate of drug-likeness (QED) is 0.917. The molecule has 2 aromatic heterocycles. The van der Waals surface area contributed by atoms with Crippen LogP contribution < -0.4 is 0 Å². The molecule has 7 nitrogen and oxygen atoms in total. The van der Waals surface area contributed by atoms with E-state index in [-0.39, 0.29) is 17.3 Å². The number of amides is 1. The first-order valence-corrected chi connectivity index (χ1v) is 7.07. The van der Waals surface area contributed by atoms with Crippen LogP contribution in [0.5, 0.6) is 0 Å². The van der Waals surface area contributed by atoms with Gasteiger partial charge < -0.3 is 14.4 Å². The van der Waals surface area contributed by atoms with Crippen LogP contribution in [0.2, 0.25) is 0 Å². The van der Waals surface area contributed by atoms with Crippen molar-refractivity contribution in [3.05, 3.63) is 23.8 Å². The number of aryl methyl sites for hydroxylation is 2. The van der Waals surface area contributed by atoms with Gasteiger partial charge in [0, 0.05) is 19.7 Å². The first-order valence-electron chi connectivity index (χ1n) is 7.07. The zero-order chi connectivity index (χ0) is 16.8. The number of nitrogens with zero attached hydrogens (tertiary/aromatic N) is 4. The number of aliphatic hydroxyl groups is 1. The summed E-state index contributed by atoms with van der Waals surface area (Å²) >= 11 is 0. The Morgan fingerprint density at radius 2 is 2.30 bits per heavy atom. The van der Waals surface area contributed by atoms with Crippen LogP contribution in [-0.4, -0.2) is 55.8 Å². The van der Waals surface area contributed by atoms with Gasteiger partial charge in [-0.1, -0.05) is 0 Å². The average Bonchev–Trinajstić information content (AvgIpc) is 3.15. The molecule has 23 heavy (non-hydrogen) atoms. The minimum absolute atomic E-state index is 0.0278. The van der Waals surface area contributed by atoms with Gasteiger partial charge in [-0.05, 0) is 6.92 Å². The normalized spacial score (nSPS) is 20.2. The number of oxazole rings is 1. The van der Waals surface area contributed by atoms with E-state index >= 15 is 0 Å². The van der Waals surface area contributed by atoms with Gasteiger partial charge in [0.05, 0.1) is 31.0 Å². The summed E-state index contributed by atoms with van der Waals surface area (Å²) in [7, 11) is 1.73. The molecule has 3 heterocycles. The van der Waals surface area contributed by atoms with E-state index in [1.165, 1.54) is 6.20 Å². The molecule has 1 fully saturated rings. The lowest BCUT2D eigenvalue weighted by Gasteiger charge is -2.21. The summed E-state index contributed by atoms with van der Waals surface area (Å²) in [6.45, 7) is 0.293. The molecule has 3 rings (SSSR count). The van der Waals surface area contributed by atoms with E-state index < -0.39 is 37.4 Å². The Hall–Kier alpha value is -2.29. The number of hydrogen-bond acceptors (Lipinski definition) is 5. The number of alkyl halides is 2.